The van der Waals surface area contributed by atoms with E-state index in [0.717, 1.165) is 6.42 Å². The summed E-state index contributed by atoms with van der Waals surface area (Å²) in [5, 5.41) is 8.88. The van der Waals surface area contributed by atoms with E-state index in [1.807, 2.05) is 13.0 Å². The van der Waals surface area contributed by atoms with Crippen LogP contribution in [-0.4, -0.2) is 23.1 Å². The molecule has 5 heteroatoms. The zero-order chi connectivity index (χ0) is 19.3. The second-order valence-corrected chi connectivity index (χ2v) is 7.09. The molecule has 1 unspecified atom stereocenters. The van der Waals surface area contributed by atoms with Crippen LogP contribution in [0.1, 0.15) is 69.8 Å². The van der Waals surface area contributed by atoms with Crippen LogP contribution in [0.15, 0.2) is 24.3 Å². The van der Waals surface area contributed by atoms with Crippen LogP contribution in [0, 0.1) is 16.7 Å². The van der Waals surface area contributed by atoms with E-state index in [0.29, 0.717) is 12.0 Å². The molecule has 0 saturated carbocycles. The minimum Gasteiger partial charge on any atom is -0.459 e. The molecule has 1 aromatic rings. The van der Waals surface area contributed by atoms with Crippen LogP contribution >= 0.6 is 0 Å². The number of hydrogen-bond donors (Lipinski definition) is 0. The molecule has 1 atom stereocenters. The topological polar surface area (TPSA) is 84.2 Å². The molecule has 1 aromatic carbocycles. The number of Topliss-reactive ketones (excluding diaryl/α,β-unsaturated/α-hetero) is 2. The molecule has 0 aliphatic rings. The Bertz CT molecular complexity index is 692. The second kappa shape index (κ2) is 8.06. The first-order valence-electron chi connectivity index (χ1n) is 8.38. The van der Waals surface area contributed by atoms with Crippen LogP contribution in [0.2, 0.25) is 0 Å². The lowest BCUT2D eigenvalue weighted by Gasteiger charge is -2.31. The van der Waals surface area contributed by atoms with Gasteiger partial charge in [-0.05, 0) is 46.2 Å². The Morgan fingerprint density at radius 2 is 1.68 bits per heavy atom. The predicted molar refractivity (Wildman–Crippen MR) is 94.0 cm³/mol. The molecular formula is C20H25NO4. The molecule has 0 radical (unpaired) electrons. The fraction of sp³-hybridized carbons (Fsp3) is 0.500. The van der Waals surface area contributed by atoms with E-state index < -0.39 is 28.6 Å². The van der Waals surface area contributed by atoms with Gasteiger partial charge in [-0.25, -0.2) is 0 Å². The molecule has 0 fully saturated rings. The number of unbranched alkanes of at least 4 members (excludes halogenated alkanes) is 1. The summed E-state index contributed by atoms with van der Waals surface area (Å²) in [5.74, 6) is -1.91. The van der Waals surface area contributed by atoms with E-state index >= 15 is 0 Å². The normalized spacial score (nSPS) is 13.4. The highest BCUT2D eigenvalue weighted by atomic mass is 16.6. The van der Waals surface area contributed by atoms with Crippen molar-refractivity contribution in [3.8, 4) is 6.07 Å². The third kappa shape index (κ3) is 4.76. The van der Waals surface area contributed by atoms with Crippen molar-refractivity contribution in [2.24, 2.45) is 5.41 Å². The molecule has 25 heavy (non-hydrogen) atoms. The fourth-order valence-electron chi connectivity index (χ4n) is 2.54. The fourth-order valence-corrected chi connectivity index (χ4v) is 2.54. The van der Waals surface area contributed by atoms with Crippen molar-refractivity contribution in [2.45, 2.75) is 59.5 Å². The molecule has 0 aliphatic heterocycles. The maximum absolute atomic E-state index is 13.1. The van der Waals surface area contributed by atoms with Gasteiger partial charge in [0.2, 0.25) is 0 Å². The van der Waals surface area contributed by atoms with Gasteiger partial charge in [-0.3, -0.25) is 14.4 Å². The average molecular weight is 343 g/mol. The number of benzene rings is 1. The zero-order valence-corrected chi connectivity index (χ0v) is 15.5. The first kappa shape index (κ1) is 20.6. The second-order valence-electron chi connectivity index (χ2n) is 7.09. The Hall–Kier alpha value is -2.48. The third-order valence-corrected chi connectivity index (χ3v) is 3.92. The summed E-state index contributed by atoms with van der Waals surface area (Å²) in [5.41, 5.74) is -2.04. The highest BCUT2D eigenvalue weighted by molar-refractivity contribution is 6.26. The van der Waals surface area contributed by atoms with Crippen LogP contribution in [0.25, 0.3) is 0 Å². The smallest absolute Gasteiger partial charge is 0.328 e. The molecule has 0 N–H and O–H groups in total. The summed E-state index contributed by atoms with van der Waals surface area (Å²) >= 11 is 0. The Balaban J connectivity index is 3.41. The first-order valence-corrected chi connectivity index (χ1v) is 8.38. The van der Waals surface area contributed by atoms with Crippen LogP contribution in [-0.2, 0) is 14.3 Å². The first-order chi connectivity index (χ1) is 11.6. The number of hydrogen-bond acceptors (Lipinski definition) is 5. The Morgan fingerprint density at radius 1 is 1.12 bits per heavy atom. The van der Waals surface area contributed by atoms with Gasteiger partial charge in [0.25, 0.3) is 0 Å². The number of nitriles is 1. The molecule has 5 nitrogen and oxygen atoms in total. The number of ketones is 2. The van der Waals surface area contributed by atoms with E-state index in [9.17, 15) is 14.4 Å². The van der Waals surface area contributed by atoms with Crippen molar-refractivity contribution in [3.63, 3.8) is 0 Å². The van der Waals surface area contributed by atoms with Crippen molar-refractivity contribution in [1.82, 2.24) is 0 Å². The molecular weight excluding hydrogens is 318 g/mol. The molecule has 0 saturated heterocycles. The van der Waals surface area contributed by atoms with Crippen molar-refractivity contribution >= 4 is 17.5 Å². The van der Waals surface area contributed by atoms with E-state index in [1.54, 1.807) is 20.8 Å². The molecule has 134 valence electrons. The number of carbonyl (C=O) groups excluding carboxylic acids is 3. The number of nitrogens with zero attached hydrogens (tertiary/aromatic N) is 1. The summed E-state index contributed by atoms with van der Waals surface area (Å²) in [7, 11) is 0. The molecule has 0 amide bonds. The molecule has 0 aliphatic carbocycles. The maximum atomic E-state index is 13.1. The van der Waals surface area contributed by atoms with Gasteiger partial charge >= 0.3 is 5.97 Å². The van der Waals surface area contributed by atoms with Gasteiger partial charge < -0.3 is 4.74 Å². The number of rotatable bonds is 7. The largest absolute Gasteiger partial charge is 0.459 e. The van der Waals surface area contributed by atoms with Crippen molar-refractivity contribution in [3.05, 3.63) is 35.4 Å². The van der Waals surface area contributed by atoms with Crippen molar-refractivity contribution in [2.75, 3.05) is 0 Å². The standard InChI is InChI=1S/C20H25NO4/c1-6-7-12-20(14(2)22,18(24)25-19(3,4)5)17(23)16-10-8-15(13-21)9-11-16/h8-11H,6-7,12H2,1-5H3. The number of esters is 1. The van der Waals surface area contributed by atoms with E-state index in [2.05, 4.69) is 0 Å². The highest BCUT2D eigenvalue weighted by Gasteiger charge is 2.52. The summed E-state index contributed by atoms with van der Waals surface area (Å²) in [6.07, 6.45) is 1.38. The summed E-state index contributed by atoms with van der Waals surface area (Å²) in [6, 6.07) is 7.89. The van der Waals surface area contributed by atoms with Gasteiger partial charge in [0.1, 0.15) is 5.60 Å². The SMILES string of the molecule is CCCCC(C(C)=O)(C(=O)OC(C)(C)C)C(=O)c1ccc(C#N)cc1. The number of carbonyl (C=O) groups is 3. The predicted octanol–water partition coefficient (Wildman–Crippen LogP) is 3.85. The molecule has 0 heterocycles. The molecule has 1 rings (SSSR count). The lowest BCUT2D eigenvalue weighted by molar-refractivity contribution is -0.167. The number of ether oxygens (including phenoxy) is 1. The van der Waals surface area contributed by atoms with Gasteiger partial charge in [0, 0.05) is 5.56 Å². The quantitative estimate of drug-likeness (QED) is 0.426. The average Bonchev–Trinajstić information content (AvgIpc) is 2.53. The van der Waals surface area contributed by atoms with Crippen LogP contribution < -0.4 is 0 Å². The van der Waals surface area contributed by atoms with Crippen LogP contribution in [0.3, 0.4) is 0 Å². The Kier molecular flexibility index (Phi) is 6.63. The van der Waals surface area contributed by atoms with Crippen molar-refractivity contribution < 1.29 is 19.1 Å². The van der Waals surface area contributed by atoms with Gasteiger partial charge in [-0.2, -0.15) is 5.26 Å². The van der Waals surface area contributed by atoms with Crippen LogP contribution in [0.4, 0.5) is 0 Å². The maximum Gasteiger partial charge on any atom is 0.328 e. The monoisotopic (exact) mass is 343 g/mol. The van der Waals surface area contributed by atoms with Gasteiger partial charge in [0.15, 0.2) is 17.0 Å². The van der Waals surface area contributed by atoms with Gasteiger partial charge in [-0.15, -0.1) is 0 Å². The van der Waals surface area contributed by atoms with E-state index in [1.165, 1.54) is 31.2 Å². The Labute approximate surface area is 149 Å². The third-order valence-electron chi connectivity index (χ3n) is 3.92. The van der Waals surface area contributed by atoms with Crippen LogP contribution in [0.5, 0.6) is 0 Å². The summed E-state index contributed by atoms with van der Waals surface area (Å²) < 4.78 is 5.42. The van der Waals surface area contributed by atoms with Gasteiger partial charge in [0.05, 0.1) is 11.6 Å². The summed E-state index contributed by atoms with van der Waals surface area (Å²) in [4.78, 5) is 38.4. The molecule has 0 spiro atoms. The molecule has 0 bridgehead atoms. The zero-order valence-electron chi connectivity index (χ0n) is 15.5. The molecule has 0 aromatic heterocycles. The van der Waals surface area contributed by atoms with E-state index in [4.69, 9.17) is 10.00 Å². The van der Waals surface area contributed by atoms with Crippen molar-refractivity contribution in [1.29, 1.82) is 5.26 Å². The minimum absolute atomic E-state index is 0.104. The van der Waals surface area contributed by atoms with Gasteiger partial charge in [-0.1, -0.05) is 31.9 Å². The Morgan fingerprint density at radius 3 is 2.08 bits per heavy atom. The van der Waals surface area contributed by atoms with E-state index in [-0.39, 0.29) is 12.0 Å². The summed E-state index contributed by atoms with van der Waals surface area (Å²) in [6.45, 7) is 8.26. The highest BCUT2D eigenvalue weighted by Crippen LogP contribution is 2.34. The minimum atomic E-state index is -1.85. The lowest BCUT2D eigenvalue weighted by Crippen LogP contribution is -2.48. The lowest BCUT2D eigenvalue weighted by atomic mass is 9.73.